The van der Waals surface area contributed by atoms with E-state index in [0.29, 0.717) is 12.0 Å². The lowest BCUT2D eigenvalue weighted by molar-refractivity contribution is -0.385. The van der Waals surface area contributed by atoms with Gasteiger partial charge in [0.05, 0.1) is 4.92 Å². The fraction of sp³-hybridized carbons (Fsp3) is 0.455. The maximum Gasteiger partial charge on any atom is 0.272 e. The SMILES string of the molecule is O=[N+]([O-])c1ccc(O)cc1CC1(CO)CC1. The topological polar surface area (TPSA) is 83.6 Å². The van der Waals surface area contributed by atoms with E-state index in [1.165, 1.54) is 18.2 Å². The molecule has 0 spiro atoms. The molecule has 1 aromatic rings. The van der Waals surface area contributed by atoms with Gasteiger partial charge in [0.2, 0.25) is 0 Å². The van der Waals surface area contributed by atoms with Gasteiger partial charge in [-0.3, -0.25) is 10.1 Å². The molecular formula is C11H13NO4. The van der Waals surface area contributed by atoms with Crippen molar-refractivity contribution in [2.24, 2.45) is 5.41 Å². The van der Waals surface area contributed by atoms with Gasteiger partial charge in [0.25, 0.3) is 5.69 Å². The first-order valence-corrected chi connectivity index (χ1v) is 5.13. The third-order valence-electron chi connectivity index (χ3n) is 3.12. The lowest BCUT2D eigenvalue weighted by atomic mass is 9.96. The lowest BCUT2D eigenvalue weighted by Crippen LogP contribution is -2.11. The maximum atomic E-state index is 10.8. The third-order valence-corrected chi connectivity index (χ3v) is 3.12. The van der Waals surface area contributed by atoms with E-state index in [9.17, 15) is 20.3 Å². The van der Waals surface area contributed by atoms with Crippen molar-refractivity contribution >= 4 is 5.69 Å². The zero-order chi connectivity index (χ0) is 11.8. The number of hydrogen-bond acceptors (Lipinski definition) is 4. The number of aliphatic hydroxyl groups is 1. The van der Waals surface area contributed by atoms with Crippen LogP contribution in [-0.2, 0) is 6.42 Å². The van der Waals surface area contributed by atoms with Crippen LogP contribution in [-0.4, -0.2) is 21.7 Å². The first-order valence-electron chi connectivity index (χ1n) is 5.13. The van der Waals surface area contributed by atoms with Crippen LogP contribution in [0.25, 0.3) is 0 Å². The van der Waals surface area contributed by atoms with Crippen molar-refractivity contribution in [3.05, 3.63) is 33.9 Å². The molecule has 1 aromatic carbocycles. The van der Waals surface area contributed by atoms with Gasteiger partial charge in [0, 0.05) is 18.2 Å². The number of aliphatic hydroxyl groups excluding tert-OH is 1. The van der Waals surface area contributed by atoms with E-state index >= 15 is 0 Å². The summed E-state index contributed by atoms with van der Waals surface area (Å²) in [5.41, 5.74) is 0.313. The second-order valence-electron chi connectivity index (χ2n) is 4.41. The minimum atomic E-state index is -0.456. The molecule has 0 radical (unpaired) electrons. The minimum Gasteiger partial charge on any atom is -0.508 e. The van der Waals surface area contributed by atoms with Crippen LogP contribution in [0.2, 0.25) is 0 Å². The highest BCUT2D eigenvalue weighted by Crippen LogP contribution is 2.49. The van der Waals surface area contributed by atoms with E-state index in [-0.39, 0.29) is 23.5 Å². The normalized spacial score (nSPS) is 17.1. The number of rotatable bonds is 4. The van der Waals surface area contributed by atoms with Crippen molar-refractivity contribution in [2.75, 3.05) is 6.61 Å². The van der Waals surface area contributed by atoms with Gasteiger partial charge in [-0.1, -0.05) is 0 Å². The van der Waals surface area contributed by atoms with Gasteiger partial charge in [-0.25, -0.2) is 0 Å². The summed E-state index contributed by atoms with van der Waals surface area (Å²) in [4.78, 5) is 10.3. The van der Waals surface area contributed by atoms with Gasteiger partial charge >= 0.3 is 0 Å². The molecule has 1 fully saturated rings. The summed E-state index contributed by atoms with van der Waals surface area (Å²) in [5, 5.41) is 29.3. The summed E-state index contributed by atoms with van der Waals surface area (Å²) in [7, 11) is 0. The molecular weight excluding hydrogens is 210 g/mol. The summed E-state index contributed by atoms with van der Waals surface area (Å²) in [6, 6.07) is 4.02. The summed E-state index contributed by atoms with van der Waals surface area (Å²) < 4.78 is 0. The highest BCUT2D eigenvalue weighted by atomic mass is 16.6. The Morgan fingerprint density at radius 3 is 2.62 bits per heavy atom. The zero-order valence-corrected chi connectivity index (χ0v) is 8.72. The highest BCUT2D eigenvalue weighted by Gasteiger charge is 2.43. The van der Waals surface area contributed by atoms with E-state index in [0.717, 1.165) is 12.8 Å². The molecule has 2 rings (SSSR count). The number of nitro benzene ring substituents is 1. The van der Waals surface area contributed by atoms with E-state index in [2.05, 4.69) is 0 Å². The fourth-order valence-corrected chi connectivity index (χ4v) is 1.86. The number of phenols is 1. The Morgan fingerprint density at radius 1 is 1.44 bits per heavy atom. The Labute approximate surface area is 92.5 Å². The van der Waals surface area contributed by atoms with Crippen molar-refractivity contribution in [1.82, 2.24) is 0 Å². The number of phenolic OH excluding ortho intramolecular Hbond substituents is 1. The van der Waals surface area contributed by atoms with Crippen molar-refractivity contribution in [3.8, 4) is 5.75 Å². The molecule has 0 atom stereocenters. The molecule has 2 N–H and O–H groups in total. The molecule has 0 heterocycles. The van der Waals surface area contributed by atoms with E-state index in [1.807, 2.05) is 0 Å². The molecule has 0 unspecified atom stereocenters. The Morgan fingerprint density at radius 2 is 2.12 bits per heavy atom. The van der Waals surface area contributed by atoms with Crippen molar-refractivity contribution in [3.63, 3.8) is 0 Å². The molecule has 0 saturated heterocycles. The van der Waals surface area contributed by atoms with Crippen molar-refractivity contribution in [2.45, 2.75) is 19.3 Å². The molecule has 1 aliphatic rings. The van der Waals surface area contributed by atoms with Gasteiger partial charge in [0.15, 0.2) is 0 Å². The number of hydrogen-bond donors (Lipinski definition) is 2. The largest absolute Gasteiger partial charge is 0.508 e. The van der Waals surface area contributed by atoms with Crippen LogP contribution < -0.4 is 0 Å². The van der Waals surface area contributed by atoms with Crippen LogP contribution >= 0.6 is 0 Å². The molecule has 5 heteroatoms. The standard InChI is InChI=1S/C11H13NO4/c13-7-11(3-4-11)6-8-5-9(14)1-2-10(8)12(15)16/h1-2,5,13-14H,3-4,6-7H2. The summed E-state index contributed by atoms with van der Waals surface area (Å²) >= 11 is 0. The Balaban J connectivity index is 2.31. The predicted octanol–water partition coefficient (Wildman–Crippen LogP) is 1.62. The second-order valence-corrected chi connectivity index (χ2v) is 4.41. The summed E-state index contributed by atoms with van der Waals surface area (Å²) in [6.45, 7) is 0.0415. The molecule has 0 aliphatic heterocycles. The Bertz CT molecular complexity index is 426. The number of benzene rings is 1. The third kappa shape index (κ3) is 1.99. The molecule has 1 aliphatic carbocycles. The summed E-state index contributed by atoms with van der Waals surface area (Å²) in [5.74, 6) is 0.0225. The molecule has 0 aromatic heterocycles. The minimum absolute atomic E-state index is 0.0116. The Kier molecular flexibility index (Phi) is 2.55. The quantitative estimate of drug-likeness (QED) is 0.600. The van der Waals surface area contributed by atoms with E-state index in [4.69, 9.17) is 0 Å². The van der Waals surface area contributed by atoms with Gasteiger partial charge in [0.1, 0.15) is 5.75 Å². The van der Waals surface area contributed by atoms with Crippen molar-refractivity contribution < 1.29 is 15.1 Å². The average Bonchev–Trinajstić information content (AvgIpc) is 2.98. The smallest absolute Gasteiger partial charge is 0.272 e. The monoisotopic (exact) mass is 223 g/mol. The van der Waals surface area contributed by atoms with Crippen LogP contribution in [0, 0.1) is 15.5 Å². The molecule has 1 saturated carbocycles. The van der Waals surface area contributed by atoms with Crippen LogP contribution in [0.15, 0.2) is 18.2 Å². The molecule has 0 bridgehead atoms. The number of nitrogens with zero attached hydrogens (tertiary/aromatic N) is 1. The van der Waals surface area contributed by atoms with Gasteiger partial charge in [-0.2, -0.15) is 0 Å². The van der Waals surface area contributed by atoms with Gasteiger partial charge in [-0.05, 0) is 36.8 Å². The van der Waals surface area contributed by atoms with Crippen LogP contribution in [0.5, 0.6) is 5.75 Å². The van der Waals surface area contributed by atoms with Gasteiger partial charge < -0.3 is 10.2 Å². The number of nitro groups is 1. The van der Waals surface area contributed by atoms with Crippen LogP contribution in [0.3, 0.4) is 0 Å². The molecule has 5 nitrogen and oxygen atoms in total. The molecule has 0 amide bonds. The maximum absolute atomic E-state index is 10.8. The van der Waals surface area contributed by atoms with Crippen LogP contribution in [0.4, 0.5) is 5.69 Å². The van der Waals surface area contributed by atoms with E-state index < -0.39 is 4.92 Å². The highest BCUT2D eigenvalue weighted by molar-refractivity contribution is 5.45. The first kappa shape index (κ1) is 10.9. The summed E-state index contributed by atoms with van der Waals surface area (Å²) in [6.07, 6.45) is 2.22. The Hall–Kier alpha value is -1.62. The first-order chi connectivity index (χ1) is 7.56. The fourth-order valence-electron chi connectivity index (χ4n) is 1.86. The molecule has 86 valence electrons. The average molecular weight is 223 g/mol. The van der Waals surface area contributed by atoms with Crippen molar-refractivity contribution in [1.29, 1.82) is 0 Å². The van der Waals surface area contributed by atoms with Crippen LogP contribution in [0.1, 0.15) is 18.4 Å². The second kappa shape index (κ2) is 3.75. The van der Waals surface area contributed by atoms with Gasteiger partial charge in [-0.15, -0.1) is 0 Å². The lowest BCUT2D eigenvalue weighted by Gasteiger charge is -2.11. The predicted molar refractivity (Wildman–Crippen MR) is 57.2 cm³/mol. The van der Waals surface area contributed by atoms with E-state index in [1.54, 1.807) is 0 Å². The number of aromatic hydroxyl groups is 1. The molecule has 16 heavy (non-hydrogen) atoms. The zero-order valence-electron chi connectivity index (χ0n) is 8.72.